The van der Waals surface area contributed by atoms with Crippen molar-refractivity contribution in [3.8, 4) is 0 Å². The van der Waals surface area contributed by atoms with Crippen LogP contribution in [0.5, 0.6) is 0 Å². The number of carbonyl (C=O) groups is 2. The number of hydrogen-bond acceptors (Lipinski definition) is 5. The fourth-order valence-electron chi connectivity index (χ4n) is 2.09. The molecule has 122 valence electrons. The van der Waals surface area contributed by atoms with Crippen LogP contribution in [0.1, 0.15) is 37.4 Å². The van der Waals surface area contributed by atoms with E-state index in [1.54, 1.807) is 13.1 Å². The zero-order valence-corrected chi connectivity index (χ0v) is 13.3. The first kappa shape index (κ1) is 16.7. The Bertz CT molecular complexity index is 652. The molecule has 0 bridgehead atoms. The second-order valence-electron chi connectivity index (χ2n) is 5.06. The second-order valence-corrected chi connectivity index (χ2v) is 5.06. The maximum Gasteiger partial charge on any atom is 0.317 e. The van der Waals surface area contributed by atoms with Crippen LogP contribution in [0.3, 0.4) is 0 Å². The van der Waals surface area contributed by atoms with Crippen molar-refractivity contribution in [2.75, 3.05) is 6.61 Å². The Balaban J connectivity index is 1.87. The molecule has 0 fully saturated rings. The van der Waals surface area contributed by atoms with E-state index in [0.29, 0.717) is 0 Å². The van der Waals surface area contributed by atoms with E-state index in [4.69, 9.17) is 9.47 Å². The summed E-state index contributed by atoms with van der Waals surface area (Å²) < 4.78 is 11.6. The average molecular weight is 316 g/mol. The van der Waals surface area contributed by atoms with Gasteiger partial charge in [-0.15, -0.1) is 0 Å². The number of carbonyl (C=O) groups excluding carboxylic acids is 2. The molecule has 23 heavy (non-hydrogen) atoms. The molecule has 0 aliphatic heterocycles. The van der Waals surface area contributed by atoms with Crippen molar-refractivity contribution in [2.45, 2.75) is 32.9 Å². The number of aromatic nitrogens is 2. The van der Waals surface area contributed by atoms with Gasteiger partial charge < -0.3 is 9.47 Å². The zero-order chi connectivity index (χ0) is 16.7. The van der Waals surface area contributed by atoms with Gasteiger partial charge in [0.15, 0.2) is 0 Å². The fraction of sp³-hybridized carbons (Fsp3) is 0.353. The summed E-state index contributed by atoms with van der Waals surface area (Å²) in [5, 5.41) is 4.29. The lowest BCUT2D eigenvalue weighted by Crippen LogP contribution is -2.13. The van der Waals surface area contributed by atoms with Gasteiger partial charge in [-0.1, -0.05) is 30.3 Å². The van der Waals surface area contributed by atoms with Crippen molar-refractivity contribution in [2.24, 2.45) is 0 Å². The Morgan fingerprint density at radius 3 is 2.57 bits per heavy atom. The molecule has 6 nitrogen and oxygen atoms in total. The lowest BCUT2D eigenvalue weighted by atomic mass is 10.1. The molecule has 1 aromatic carbocycles. The number of ether oxygens (including phenoxy) is 2. The first-order chi connectivity index (χ1) is 11.1. The van der Waals surface area contributed by atoms with Gasteiger partial charge in [-0.3, -0.25) is 14.3 Å². The van der Waals surface area contributed by atoms with Crippen molar-refractivity contribution >= 4 is 11.9 Å². The molecule has 0 saturated carbocycles. The van der Waals surface area contributed by atoms with Gasteiger partial charge in [-0.25, -0.2) is 0 Å². The van der Waals surface area contributed by atoms with E-state index in [9.17, 15) is 9.59 Å². The number of benzene rings is 1. The van der Waals surface area contributed by atoms with Gasteiger partial charge in [-0.2, -0.15) is 5.10 Å². The summed E-state index contributed by atoms with van der Waals surface area (Å²) >= 11 is 0. The highest BCUT2D eigenvalue weighted by molar-refractivity contribution is 5.91. The summed E-state index contributed by atoms with van der Waals surface area (Å²) in [7, 11) is 0. The number of esters is 2. The minimum Gasteiger partial charge on any atom is -0.466 e. The van der Waals surface area contributed by atoms with E-state index >= 15 is 0 Å². The monoisotopic (exact) mass is 316 g/mol. The Labute approximate surface area is 135 Å². The highest BCUT2D eigenvalue weighted by atomic mass is 16.6. The summed E-state index contributed by atoms with van der Waals surface area (Å²) in [6, 6.07) is 10.1. The van der Waals surface area contributed by atoms with Crippen LogP contribution in [-0.4, -0.2) is 28.3 Å². The fourth-order valence-corrected chi connectivity index (χ4v) is 2.09. The first-order valence-electron chi connectivity index (χ1n) is 7.49. The molecule has 2 rings (SSSR count). The van der Waals surface area contributed by atoms with Crippen LogP contribution in [0.2, 0.25) is 0 Å². The van der Waals surface area contributed by atoms with E-state index in [0.717, 1.165) is 11.1 Å². The third-order valence-corrected chi connectivity index (χ3v) is 3.33. The van der Waals surface area contributed by atoms with E-state index in [1.807, 2.05) is 48.1 Å². The number of rotatable bonds is 7. The van der Waals surface area contributed by atoms with Crippen molar-refractivity contribution < 1.29 is 19.1 Å². The Morgan fingerprint density at radius 2 is 1.87 bits per heavy atom. The van der Waals surface area contributed by atoms with Gasteiger partial charge in [0.2, 0.25) is 0 Å². The summed E-state index contributed by atoms with van der Waals surface area (Å²) in [5.74, 6) is -1.18. The quantitative estimate of drug-likeness (QED) is 0.580. The maximum absolute atomic E-state index is 11.5. The van der Waals surface area contributed by atoms with Crippen LogP contribution in [0.15, 0.2) is 42.7 Å². The standard InChI is InChI=1S/C17H20N2O4/c1-3-22-16(20)9-17(21)23-12-14-10-18-19(11-14)13(2)15-7-5-4-6-8-15/h4-8,10-11,13H,3,9,12H2,1-2H3. The van der Waals surface area contributed by atoms with Gasteiger partial charge >= 0.3 is 11.9 Å². The SMILES string of the molecule is CCOC(=O)CC(=O)OCc1cnn(C(C)c2ccccc2)c1. The van der Waals surface area contributed by atoms with Crippen molar-refractivity contribution in [3.05, 3.63) is 53.9 Å². The van der Waals surface area contributed by atoms with Gasteiger partial charge in [-0.05, 0) is 19.4 Å². The molecule has 1 heterocycles. The third-order valence-electron chi connectivity index (χ3n) is 3.33. The maximum atomic E-state index is 11.5. The van der Waals surface area contributed by atoms with E-state index in [-0.39, 0.29) is 25.7 Å². The zero-order valence-electron chi connectivity index (χ0n) is 13.3. The summed E-state index contributed by atoms with van der Waals surface area (Å²) in [6.45, 7) is 4.06. The lowest BCUT2D eigenvalue weighted by molar-refractivity contribution is -0.155. The Morgan fingerprint density at radius 1 is 1.17 bits per heavy atom. The summed E-state index contributed by atoms with van der Waals surface area (Å²) in [5.41, 5.74) is 1.91. The lowest BCUT2D eigenvalue weighted by Gasteiger charge is -2.12. The van der Waals surface area contributed by atoms with Crippen LogP contribution < -0.4 is 0 Å². The van der Waals surface area contributed by atoms with Crippen molar-refractivity contribution in [1.82, 2.24) is 9.78 Å². The molecular weight excluding hydrogens is 296 g/mol. The normalized spacial score (nSPS) is 11.7. The van der Waals surface area contributed by atoms with Crippen LogP contribution in [0.25, 0.3) is 0 Å². The summed E-state index contributed by atoms with van der Waals surface area (Å²) in [6.07, 6.45) is 3.11. The molecule has 0 amide bonds. The van der Waals surface area contributed by atoms with E-state index in [2.05, 4.69) is 5.10 Å². The second kappa shape index (κ2) is 8.12. The summed E-state index contributed by atoms with van der Waals surface area (Å²) in [4.78, 5) is 22.7. The van der Waals surface area contributed by atoms with Crippen LogP contribution >= 0.6 is 0 Å². The Hall–Kier alpha value is -2.63. The molecule has 1 aromatic heterocycles. The Kier molecular flexibility index (Phi) is 5.91. The molecule has 0 saturated heterocycles. The molecule has 2 aromatic rings. The molecule has 0 aliphatic rings. The molecule has 0 spiro atoms. The largest absolute Gasteiger partial charge is 0.466 e. The first-order valence-corrected chi connectivity index (χ1v) is 7.49. The molecule has 0 N–H and O–H groups in total. The van der Waals surface area contributed by atoms with Crippen molar-refractivity contribution in [3.63, 3.8) is 0 Å². The average Bonchev–Trinajstić information content (AvgIpc) is 3.02. The van der Waals surface area contributed by atoms with Gasteiger partial charge in [0.1, 0.15) is 13.0 Å². The molecular formula is C17H20N2O4. The van der Waals surface area contributed by atoms with Gasteiger partial charge in [0, 0.05) is 11.8 Å². The van der Waals surface area contributed by atoms with Crippen LogP contribution in [-0.2, 0) is 25.7 Å². The molecule has 0 aliphatic carbocycles. The van der Waals surface area contributed by atoms with Gasteiger partial charge in [0.05, 0.1) is 18.8 Å². The predicted octanol–water partition coefficient (Wildman–Crippen LogP) is 2.49. The predicted molar refractivity (Wildman–Crippen MR) is 83.5 cm³/mol. The number of nitrogens with zero attached hydrogens (tertiary/aromatic N) is 2. The van der Waals surface area contributed by atoms with Crippen LogP contribution in [0, 0.1) is 0 Å². The smallest absolute Gasteiger partial charge is 0.317 e. The molecule has 0 radical (unpaired) electrons. The minimum atomic E-state index is -0.604. The number of hydrogen-bond donors (Lipinski definition) is 0. The van der Waals surface area contributed by atoms with E-state index < -0.39 is 11.9 Å². The highest BCUT2D eigenvalue weighted by Crippen LogP contribution is 2.17. The molecule has 1 atom stereocenters. The van der Waals surface area contributed by atoms with Gasteiger partial charge in [0.25, 0.3) is 0 Å². The minimum absolute atomic E-state index is 0.0831. The molecule has 6 heteroatoms. The topological polar surface area (TPSA) is 70.4 Å². The van der Waals surface area contributed by atoms with E-state index in [1.165, 1.54) is 0 Å². The van der Waals surface area contributed by atoms with Crippen molar-refractivity contribution in [1.29, 1.82) is 0 Å². The highest BCUT2D eigenvalue weighted by Gasteiger charge is 2.13. The third kappa shape index (κ3) is 4.95. The van der Waals surface area contributed by atoms with Crippen LogP contribution in [0.4, 0.5) is 0 Å². The molecule has 1 unspecified atom stereocenters.